The highest BCUT2D eigenvalue weighted by atomic mass is 16.4. The molecule has 5 heteroatoms. The molecule has 0 atom stereocenters. The molecule has 1 N–H and O–H groups in total. The third kappa shape index (κ3) is 2.23. The second-order valence-electron chi connectivity index (χ2n) is 5.41. The number of benzene rings is 2. The summed E-state index contributed by atoms with van der Waals surface area (Å²) in [6.07, 6.45) is 1.24. The number of amides is 2. The monoisotopic (exact) mass is 317 g/mol. The van der Waals surface area contributed by atoms with Gasteiger partial charge in [0.2, 0.25) is 0 Å². The molecule has 24 heavy (non-hydrogen) atoms. The minimum absolute atomic E-state index is 0.239. The van der Waals surface area contributed by atoms with Crippen molar-refractivity contribution in [2.45, 2.75) is 0 Å². The van der Waals surface area contributed by atoms with E-state index in [4.69, 9.17) is 4.42 Å². The van der Waals surface area contributed by atoms with E-state index < -0.39 is 17.4 Å². The minimum atomic E-state index is -0.494. The molecule has 2 amide bonds. The van der Waals surface area contributed by atoms with Crippen LogP contribution >= 0.6 is 0 Å². The van der Waals surface area contributed by atoms with Gasteiger partial charge in [-0.1, -0.05) is 42.5 Å². The summed E-state index contributed by atoms with van der Waals surface area (Å²) in [6.45, 7) is 0. The quantitative estimate of drug-likeness (QED) is 0.582. The Balaban J connectivity index is 1.97. The van der Waals surface area contributed by atoms with Gasteiger partial charge in [-0.15, -0.1) is 0 Å². The maximum absolute atomic E-state index is 12.4. The van der Waals surface area contributed by atoms with Crippen LogP contribution < -0.4 is 10.9 Å². The van der Waals surface area contributed by atoms with E-state index in [9.17, 15) is 14.4 Å². The molecule has 1 aliphatic heterocycles. The van der Waals surface area contributed by atoms with Gasteiger partial charge in [-0.3, -0.25) is 14.9 Å². The van der Waals surface area contributed by atoms with Crippen molar-refractivity contribution in [2.24, 2.45) is 0 Å². The van der Waals surface area contributed by atoms with E-state index in [0.717, 1.165) is 5.39 Å². The molecule has 5 nitrogen and oxygen atoms in total. The number of rotatable bonds is 2. The smallest absolute Gasteiger partial charge is 0.344 e. The molecule has 116 valence electrons. The highest BCUT2D eigenvalue weighted by Crippen LogP contribution is 2.30. The van der Waals surface area contributed by atoms with Crippen molar-refractivity contribution in [1.82, 2.24) is 5.32 Å². The Labute approximate surface area is 136 Å². The molecule has 1 aliphatic rings. The van der Waals surface area contributed by atoms with E-state index in [2.05, 4.69) is 5.32 Å². The van der Waals surface area contributed by atoms with Crippen LogP contribution in [0.5, 0.6) is 0 Å². The lowest BCUT2D eigenvalue weighted by Crippen LogP contribution is -2.22. The predicted molar refractivity (Wildman–Crippen MR) is 89.0 cm³/mol. The van der Waals surface area contributed by atoms with E-state index in [1.165, 1.54) is 6.08 Å². The Kier molecular flexibility index (Phi) is 3.13. The summed E-state index contributed by atoms with van der Waals surface area (Å²) in [5.74, 6) is -0.937. The second-order valence-corrected chi connectivity index (χ2v) is 5.41. The number of imide groups is 1. The maximum atomic E-state index is 12.4. The SMILES string of the molecule is O=C1C=C(c2ccccc2-c2cc3ccccc3oc2=O)C(=O)N1. The van der Waals surface area contributed by atoms with Crippen molar-refractivity contribution in [3.63, 3.8) is 0 Å². The molecular formula is C19H11NO4. The van der Waals surface area contributed by atoms with Gasteiger partial charge in [0.15, 0.2) is 0 Å². The number of fused-ring (bicyclic) bond motifs is 1. The van der Waals surface area contributed by atoms with Crippen LogP contribution in [0, 0.1) is 0 Å². The van der Waals surface area contributed by atoms with Crippen LogP contribution in [0.1, 0.15) is 5.56 Å². The Morgan fingerprint density at radius 3 is 2.25 bits per heavy atom. The summed E-state index contributed by atoms with van der Waals surface area (Å²) in [5.41, 5.74) is 1.65. The summed E-state index contributed by atoms with van der Waals surface area (Å²) in [7, 11) is 0. The zero-order valence-electron chi connectivity index (χ0n) is 12.4. The standard InChI is InChI=1S/C19H11NO4/c21-17-10-14(18(22)20-17)12-6-2-3-7-13(12)15-9-11-5-1-4-8-16(11)24-19(15)23/h1-10H,(H,20,21,22). The van der Waals surface area contributed by atoms with Crippen LogP contribution in [-0.4, -0.2) is 11.8 Å². The van der Waals surface area contributed by atoms with E-state index in [1.807, 2.05) is 12.1 Å². The van der Waals surface area contributed by atoms with Gasteiger partial charge < -0.3 is 4.42 Å². The number of para-hydroxylation sites is 1. The third-order valence-corrected chi connectivity index (χ3v) is 3.91. The van der Waals surface area contributed by atoms with E-state index >= 15 is 0 Å². The van der Waals surface area contributed by atoms with Gasteiger partial charge in [0.1, 0.15) is 5.58 Å². The van der Waals surface area contributed by atoms with E-state index in [1.54, 1.807) is 42.5 Å². The van der Waals surface area contributed by atoms with Crippen molar-refractivity contribution in [3.8, 4) is 11.1 Å². The number of hydrogen-bond donors (Lipinski definition) is 1. The number of carbonyl (C=O) groups excluding carboxylic acids is 2. The fraction of sp³-hybridized carbons (Fsp3) is 0. The van der Waals surface area contributed by atoms with Crippen molar-refractivity contribution >= 4 is 28.4 Å². The van der Waals surface area contributed by atoms with Crippen molar-refractivity contribution in [1.29, 1.82) is 0 Å². The molecule has 0 fully saturated rings. The normalized spacial score (nSPS) is 13.9. The fourth-order valence-electron chi connectivity index (χ4n) is 2.81. The fourth-order valence-corrected chi connectivity index (χ4v) is 2.81. The maximum Gasteiger partial charge on any atom is 0.344 e. The topological polar surface area (TPSA) is 76.4 Å². The van der Waals surface area contributed by atoms with Crippen molar-refractivity contribution in [2.75, 3.05) is 0 Å². The molecule has 0 unspecified atom stereocenters. The summed E-state index contributed by atoms with van der Waals surface area (Å²) < 4.78 is 5.37. The molecule has 0 bridgehead atoms. The largest absolute Gasteiger partial charge is 0.422 e. The molecule has 0 saturated heterocycles. The number of nitrogens with one attached hydrogen (secondary N) is 1. The van der Waals surface area contributed by atoms with Crippen LogP contribution in [0.25, 0.3) is 27.7 Å². The minimum Gasteiger partial charge on any atom is -0.422 e. The van der Waals surface area contributed by atoms with Gasteiger partial charge in [0.25, 0.3) is 11.8 Å². The lowest BCUT2D eigenvalue weighted by molar-refractivity contribution is -0.123. The van der Waals surface area contributed by atoms with Crippen LogP contribution in [0.4, 0.5) is 0 Å². The van der Waals surface area contributed by atoms with Crippen molar-refractivity contribution < 1.29 is 14.0 Å². The Morgan fingerprint density at radius 1 is 0.792 bits per heavy atom. The van der Waals surface area contributed by atoms with Crippen LogP contribution in [-0.2, 0) is 9.59 Å². The second kappa shape index (κ2) is 5.31. The van der Waals surface area contributed by atoms with Crippen LogP contribution in [0.2, 0.25) is 0 Å². The molecule has 0 spiro atoms. The first kappa shape index (κ1) is 14.1. The van der Waals surface area contributed by atoms with Crippen LogP contribution in [0.3, 0.4) is 0 Å². The zero-order valence-corrected chi connectivity index (χ0v) is 12.4. The summed E-state index contributed by atoms with van der Waals surface area (Å²) in [6, 6.07) is 15.9. The molecule has 3 aromatic rings. The molecule has 0 aliphatic carbocycles. The summed E-state index contributed by atoms with van der Waals surface area (Å²) in [5, 5.41) is 3.00. The Bertz CT molecular complexity index is 1090. The van der Waals surface area contributed by atoms with Gasteiger partial charge in [0.05, 0.1) is 11.1 Å². The lowest BCUT2D eigenvalue weighted by atomic mass is 9.95. The lowest BCUT2D eigenvalue weighted by Gasteiger charge is -2.09. The average molecular weight is 317 g/mol. The molecule has 2 heterocycles. The summed E-state index contributed by atoms with van der Waals surface area (Å²) in [4.78, 5) is 35.8. The summed E-state index contributed by atoms with van der Waals surface area (Å²) >= 11 is 0. The van der Waals surface area contributed by atoms with Gasteiger partial charge in [-0.05, 0) is 23.3 Å². The van der Waals surface area contributed by atoms with Gasteiger partial charge >= 0.3 is 5.63 Å². The first-order valence-electron chi connectivity index (χ1n) is 7.33. The number of carbonyl (C=O) groups is 2. The molecule has 2 aromatic carbocycles. The van der Waals surface area contributed by atoms with E-state index in [-0.39, 0.29) is 5.57 Å². The first-order valence-corrected chi connectivity index (χ1v) is 7.33. The average Bonchev–Trinajstić information content (AvgIpc) is 2.92. The van der Waals surface area contributed by atoms with E-state index in [0.29, 0.717) is 22.3 Å². The third-order valence-electron chi connectivity index (χ3n) is 3.91. The van der Waals surface area contributed by atoms with Crippen molar-refractivity contribution in [3.05, 3.63) is 76.7 Å². The molecule has 1 aromatic heterocycles. The van der Waals surface area contributed by atoms with Gasteiger partial charge in [0, 0.05) is 11.5 Å². The number of hydrogen-bond acceptors (Lipinski definition) is 4. The van der Waals surface area contributed by atoms with Gasteiger partial charge in [-0.25, -0.2) is 4.79 Å². The highest BCUT2D eigenvalue weighted by Gasteiger charge is 2.25. The molecule has 0 radical (unpaired) electrons. The van der Waals surface area contributed by atoms with Crippen LogP contribution in [0.15, 0.2) is 69.9 Å². The first-order chi connectivity index (χ1) is 11.6. The Hall–Kier alpha value is -3.47. The van der Waals surface area contributed by atoms with Gasteiger partial charge in [-0.2, -0.15) is 0 Å². The Morgan fingerprint density at radius 2 is 1.50 bits per heavy atom. The predicted octanol–water partition coefficient (Wildman–Crippen LogP) is 2.50. The molecule has 0 saturated carbocycles. The zero-order chi connectivity index (χ0) is 16.7. The molecule has 4 rings (SSSR count). The highest BCUT2D eigenvalue weighted by molar-refractivity contribution is 6.34. The molecular weight excluding hydrogens is 306 g/mol.